The molecule has 5 heteroatoms. The number of fused-ring (bicyclic) bond motifs is 1. The summed E-state index contributed by atoms with van der Waals surface area (Å²) in [6.07, 6.45) is 0.908. The predicted molar refractivity (Wildman–Crippen MR) is 118 cm³/mol. The van der Waals surface area contributed by atoms with Gasteiger partial charge in [0.15, 0.2) is 0 Å². The van der Waals surface area contributed by atoms with E-state index in [1.807, 2.05) is 31.5 Å². The van der Waals surface area contributed by atoms with E-state index in [9.17, 15) is 4.79 Å². The van der Waals surface area contributed by atoms with Crippen LogP contribution in [0.5, 0.6) is 0 Å². The van der Waals surface area contributed by atoms with Crippen molar-refractivity contribution >= 4 is 27.4 Å². The molecule has 0 saturated carbocycles. The molecule has 0 fully saturated rings. The Kier molecular flexibility index (Phi) is 5.24. The standard InChI is InChI=1S/C24H24N2O2S/c1-5-28-24(27)22-16(3)25-26(17(22)4)21-11-7-10-19-14-20(29-23(19)21)13-18-9-6-8-15(2)12-18/h6-12,14H,5,13H2,1-4H3. The monoisotopic (exact) mass is 404 g/mol. The summed E-state index contributed by atoms with van der Waals surface area (Å²) < 4.78 is 8.27. The first-order valence-electron chi connectivity index (χ1n) is 9.78. The molecule has 2 aromatic heterocycles. The number of rotatable bonds is 5. The number of carbonyl (C=O) groups excluding carboxylic acids is 1. The summed E-state index contributed by atoms with van der Waals surface area (Å²) in [5.41, 5.74) is 5.64. The molecular weight excluding hydrogens is 380 g/mol. The Morgan fingerprint density at radius 1 is 1.10 bits per heavy atom. The zero-order chi connectivity index (χ0) is 20.5. The lowest BCUT2D eigenvalue weighted by Crippen LogP contribution is -2.07. The second-order valence-corrected chi connectivity index (χ2v) is 8.39. The van der Waals surface area contributed by atoms with Gasteiger partial charge in [0, 0.05) is 11.3 Å². The maximum absolute atomic E-state index is 12.4. The van der Waals surface area contributed by atoms with Gasteiger partial charge in [-0.25, -0.2) is 9.48 Å². The highest BCUT2D eigenvalue weighted by Gasteiger charge is 2.21. The zero-order valence-electron chi connectivity index (χ0n) is 17.2. The number of esters is 1. The van der Waals surface area contributed by atoms with E-state index in [1.54, 1.807) is 11.3 Å². The third-order valence-electron chi connectivity index (χ3n) is 5.03. The lowest BCUT2D eigenvalue weighted by atomic mass is 10.1. The van der Waals surface area contributed by atoms with Gasteiger partial charge in [-0.1, -0.05) is 42.0 Å². The average molecular weight is 405 g/mol. The molecule has 2 aromatic carbocycles. The first kappa shape index (κ1) is 19.4. The molecular formula is C24H24N2O2S. The van der Waals surface area contributed by atoms with Gasteiger partial charge < -0.3 is 4.74 Å². The molecule has 4 aromatic rings. The van der Waals surface area contributed by atoms with Crippen molar-refractivity contribution in [2.45, 2.75) is 34.1 Å². The van der Waals surface area contributed by atoms with Crippen LogP contribution in [0.4, 0.5) is 0 Å². The Morgan fingerprint density at radius 3 is 2.66 bits per heavy atom. The minimum absolute atomic E-state index is 0.313. The molecule has 29 heavy (non-hydrogen) atoms. The number of ether oxygens (including phenoxy) is 1. The summed E-state index contributed by atoms with van der Waals surface area (Å²) in [4.78, 5) is 13.7. The third-order valence-corrected chi connectivity index (χ3v) is 6.21. The Balaban J connectivity index is 1.77. The Labute approximate surface area is 174 Å². The van der Waals surface area contributed by atoms with Crippen LogP contribution in [0, 0.1) is 20.8 Å². The van der Waals surface area contributed by atoms with Crippen LogP contribution in [-0.4, -0.2) is 22.4 Å². The van der Waals surface area contributed by atoms with Crippen LogP contribution in [0.25, 0.3) is 15.8 Å². The minimum Gasteiger partial charge on any atom is -0.462 e. The van der Waals surface area contributed by atoms with E-state index in [-0.39, 0.29) is 5.97 Å². The van der Waals surface area contributed by atoms with Crippen LogP contribution in [0.2, 0.25) is 0 Å². The number of nitrogens with zero attached hydrogens (tertiary/aromatic N) is 2. The maximum atomic E-state index is 12.4. The van der Waals surface area contributed by atoms with Gasteiger partial charge in [0.05, 0.1) is 28.4 Å². The van der Waals surface area contributed by atoms with Crippen molar-refractivity contribution in [1.82, 2.24) is 9.78 Å². The number of aryl methyl sites for hydroxylation is 2. The molecule has 2 heterocycles. The molecule has 0 radical (unpaired) electrons. The molecule has 0 N–H and O–H groups in total. The van der Waals surface area contributed by atoms with Gasteiger partial charge in [0.2, 0.25) is 0 Å². The third kappa shape index (κ3) is 3.70. The number of aromatic nitrogens is 2. The summed E-state index contributed by atoms with van der Waals surface area (Å²) >= 11 is 1.78. The van der Waals surface area contributed by atoms with Crippen LogP contribution < -0.4 is 0 Å². The molecule has 0 saturated heterocycles. The number of benzene rings is 2. The van der Waals surface area contributed by atoms with Gasteiger partial charge in [0.1, 0.15) is 5.56 Å². The Morgan fingerprint density at radius 2 is 1.90 bits per heavy atom. The average Bonchev–Trinajstić information content (AvgIpc) is 3.21. The Hall–Kier alpha value is -2.92. The number of hydrogen-bond donors (Lipinski definition) is 0. The largest absolute Gasteiger partial charge is 0.462 e. The molecule has 0 aliphatic rings. The molecule has 4 rings (SSSR count). The van der Waals surface area contributed by atoms with Crippen LogP contribution in [0.15, 0.2) is 48.5 Å². The first-order valence-corrected chi connectivity index (χ1v) is 10.6. The van der Waals surface area contributed by atoms with Gasteiger partial charge in [-0.15, -0.1) is 11.3 Å². The molecule has 0 unspecified atom stereocenters. The lowest BCUT2D eigenvalue weighted by Gasteiger charge is -2.07. The van der Waals surface area contributed by atoms with Crippen molar-refractivity contribution in [2.24, 2.45) is 0 Å². The van der Waals surface area contributed by atoms with E-state index in [0.717, 1.165) is 17.8 Å². The molecule has 0 aliphatic heterocycles. The number of hydrogen-bond acceptors (Lipinski definition) is 4. The van der Waals surface area contributed by atoms with Crippen molar-refractivity contribution in [2.75, 3.05) is 6.61 Å². The fraction of sp³-hybridized carbons (Fsp3) is 0.250. The number of carbonyl (C=O) groups is 1. The van der Waals surface area contributed by atoms with Gasteiger partial charge in [0.25, 0.3) is 0 Å². The van der Waals surface area contributed by atoms with Crippen LogP contribution >= 0.6 is 11.3 Å². The quantitative estimate of drug-likeness (QED) is 0.396. The summed E-state index contributed by atoms with van der Waals surface area (Å²) in [7, 11) is 0. The molecule has 0 spiro atoms. The van der Waals surface area contributed by atoms with E-state index in [4.69, 9.17) is 4.74 Å². The minimum atomic E-state index is -0.313. The maximum Gasteiger partial charge on any atom is 0.341 e. The highest BCUT2D eigenvalue weighted by molar-refractivity contribution is 7.19. The fourth-order valence-electron chi connectivity index (χ4n) is 3.75. The second kappa shape index (κ2) is 7.84. The topological polar surface area (TPSA) is 44.1 Å². The predicted octanol–water partition coefficient (Wildman–Crippen LogP) is 5.78. The Bertz CT molecular complexity index is 1200. The van der Waals surface area contributed by atoms with Crippen LogP contribution in [0.1, 0.15) is 44.7 Å². The van der Waals surface area contributed by atoms with Crippen LogP contribution in [-0.2, 0) is 11.2 Å². The van der Waals surface area contributed by atoms with E-state index in [0.29, 0.717) is 17.9 Å². The lowest BCUT2D eigenvalue weighted by molar-refractivity contribution is 0.0524. The summed E-state index contributed by atoms with van der Waals surface area (Å²) in [6.45, 7) is 8.07. The summed E-state index contributed by atoms with van der Waals surface area (Å²) in [5.74, 6) is -0.313. The molecule has 0 atom stereocenters. The van der Waals surface area contributed by atoms with Crippen molar-refractivity contribution in [1.29, 1.82) is 0 Å². The smallest absolute Gasteiger partial charge is 0.341 e. The summed E-state index contributed by atoms with van der Waals surface area (Å²) in [6, 6.07) is 17.1. The van der Waals surface area contributed by atoms with Crippen molar-refractivity contribution < 1.29 is 9.53 Å². The van der Waals surface area contributed by atoms with E-state index in [1.165, 1.54) is 26.1 Å². The SMILES string of the molecule is CCOC(=O)c1c(C)nn(-c2cccc3cc(Cc4cccc(C)c4)sc23)c1C. The van der Waals surface area contributed by atoms with Crippen LogP contribution in [0.3, 0.4) is 0 Å². The van der Waals surface area contributed by atoms with E-state index in [2.05, 4.69) is 54.5 Å². The van der Waals surface area contributed by atoms with Gasteiger partial charge in [-0.2, -0.15) is 5.10 Å². The highest BCUT2D eigenvalue weighted by Crippen LogP contribution is 2.33. The zero-order valence-corrected chi connectivity index (χ0v) is 18.0. The highest BCUT2D eigenvalue weighted by atomic mass is 32.1. The van der Waals surface area contributed by atoms with Crippen molar-refractivity contribution in [3.05, 3.63) is 81.5 Å². The summed E-state index contributed by atoms with van der Waals surface area (Å²) in [5, 5.41) is 5.86. The van der Waals surface area contributed by atoms with Crippen molar-refractivity contribution in [3.8, 4) is 5.69 Å². The first-order chi connectivity index (χ1) is 14.0. The molecule has 148 valence electrons. The van der Waals surface area contributed by atoms with Gasteiger partial charge in [-0.05, 0) is 50.8 Å². The molecule has 4 nitrogen and oxygen atoms in total. The number of thiophene rings is 1. The van der Waals surface area contributed by atoms with Gasteiger partial charge in [-0.3, -0.25) is 0 Å². The molecule has 0 bridgehead atoms. The van der Waals surface area contributed by atoms with Crippen molar-refractivity contribution in [3.63, 3.8) is 0 Å². The van der Waals surface area contributed by atoms with Gasteiger partial charge >= 0.3 is 5.97 Å². The second-order valence-electron chi connectivity index (χ2n) is 7.25. The fourth-order valence-corrected chi connectivity index (χ4v) is 4.94. The molecule has 0 aliphatic carbocycles. The van der Waals surface area contributed by atoms with E-state index >= 15 is 0 Å². The van der Waals surface area contributed by atoms with E-state index < -0.39 is 0 Å². The molecule has 0 amide bonds. The normalized spacial score (nSPS) is 11.2.